The fraction of sp³-hybridized carbons (Fsp3) is 0.625. The van der Waals surface area contributed by atoms with Gasteiger partial charge in [-0.2, -0.15) is 0 Å². The van der Waals surface area contributed by atoms with Gasteiger partial charge in [0.15, 0.2) is 0 Å². The first-order valence-corrected chi connectivity index (χ1v) is 7.41. The van der Waals surface area contributed by atoms with E-state index in [9.17, 15) is 13.9 Å². The van der Waals surface area contributed by atoms with Crippen LogP contribution in [0, 0.1) is 17.0 Å². The van der Waals surface area contributed by atoms with Crippen molar-refractivity contribution in [1.82, 2.24) is 0 Å². The first-order valence-electron chi connectivity index (χ1n) is 7.41. The molecule has 1 atom stereocenters. The average Bonchev–Trinajstić information content (AvgIpc) is 2.37. The Morgan fingerprint density at radius 3 is 2.00 bits per heavy atom. The molecule has 4 heteroatoms. The van der Waals surface area contributed by atoms with E-state index in [1.165, 1.54) is 18.6 Å². The van der Waals surface area contributed by atoms with Crippen molar-refractivity contribution in [1.29, 1.82) is 0 Å². The Hall–Kier alpha value is -1.00. The molecule has 1 saturated carbocycles. The number of hydrogen-bond donors (Lipinski definition) is 2. The number of rotatable bonds is 3. The highest BCUT2D eigenvalue weighted by Gasteiger charge is 2.37. The maximum Gasteiger partial charge on any atom is 0.126 e. The van der Waals surface area contributed by atoms with Crippen LogP contribution in [0.3, 0.4) is 0 Å². The van der Waals surface area contributed by atoms with Gasteiger partial charge in [0.25, 0.3) is 0 Å². The van der Waals surface area contributed by atoms with Gasteiger partial charge in [0.2, 0.25) is 0 Å². The Morgan fingerprint density at radius 2 is 1.50 bits per heavy atom. The first-order chi connectivity index (χ1) is 9.57. The molecule has 0 aliphatic heterocycles. The molecule has 3 N–H and O–H groups in total. The van der Waals surface area contributed by atoms with Gasteiger partial charge in [-0.1, -0.05) is 32.1 Å². The van der Waals surface area contributed by atoms with Crippen LogP contribution >= 0.6 is 0 Å². The van der Waals surface area contributed by atoms with Crippen molar-refractivity contribution >= 4 is 0 Å². The molecule has 2 rings (SSSR count). The monoisotopic (exact) mass is 283 g/mol. The van der Waals surface area contributed by atoms with Crippen molar-refractivity contribution in [2.45, 2.75) is 51.0 Å². The molecule has 1 aliphatic carbocycles. The summed E-state index contributed by atoms with van der Waals surface area (Å²) in [7, 11) is 0. The lowest BCUT2D eigenvalue weighted by Gasteiger charge is -2.39. The van der Waals surface area contributed by atoms with E-state index >= 15 is 0 Å². The Balaban J connectivity index is 2.28. The van der Waals surface area contributed by atoms with Crippen molar-refractivity contribution in [2.75, 3.05) is 6.54 Å². The van der Waals surface area contributed by atoms with E-state index < -0.39 is 23.2 Å². The topological polar surface area (TPSA) is 46.2 Å². The highest BCUT2D eigenvalue weighted by Crippen LogP contribution is 2.43. The molecule has 0 radical (unpaired) electrons. The summed E-state index contributed by atoms with van der Waals surface area (Å²) in [5.74, 6) is -1.31. The molecule has 1 aromatic rings. The Morgan fingerprint density at radius 1 is 1.00 bits per heavy atom. The van der Waals surface area contributed by atoms with E-state index in [0.29, 0.717) is 12.1 Å². The summed E-state index contributed by atoms with van der Waals surface area (Å²) in [5, 5.41) is 10.6. The summed E-state index contributed by atoms with van der Waals surface area (Å²) < 4.78 is 26.7. The zero-order chi connectivity index (χ0) is 14.6. The van der Waals surface area contributed by atoms with Gasteiger partial charge in [-0.05, 0) is 30.5 Å². The fourth-order valence-corrected chi connectivity index (χ4v) is 3.29. The molecule has 1 aromatic carbocycles. The third-order valence-electron chi connectivity index (χ3n) is 4.54. The second-order valence-corrected chi connectivity index (χ2v) is 5.94. The lowest BCUT2D eigenvalue weighted by molar-refractivity contribution is 0.00810. The van der Waals surface area contributed by atoms with E-state index in [-0.39, 0.29) is 0 Å². The summed E-state index contributed by atoms with van der Waals surface area (Å²) in [6.45, 7) is 0.340. The van der Waals surface area contributed by atoms with Crippen LogP contribution in [0.15, 0.2) is 18.2 Å². The summed E-state index contributed by atoms with van der Waals surface area (Å²) in [6.07, 6.45) is 6.20. The normalized spacial score (nSPS) is 21.0. The number of aliphatic hydroxyl groups excluding tert-OH is 1. The third kappa shape index (κ3) is 3.36. The van der Waals surface area contributed by atoms with Crippen molar-refractivity contribution in [3.63, 3.8) is 0 Å². The van der Waals surface area contributed by atoms with Crippen molar-refractivity contribution in [3.8, 4) is 0 Å². The van der Waals surface area contributed by atoms with E-state index in [2.05, 4.69) is 0 Å². The number of aliphatic hydroxyl groups is 1. The van der Waals surface area contributed by atoms with Gasteiger partial charge in [0, 0.05) is 18.0 Å². The molecule has 0 spiro atoms. The van der Waals surface area contributed by atoms with E-state index in [1.807, 2.05) is 0 Å². The molecule has 0 saturated heterocycles. The standard InChI is InChI=1S/C16H23F2NO/c17-13-8-12(9-14(18)10-13)15(20)16(11-19)6-4-2-1-3-5-7-16/h8-10,15,20H,1-7,11,19H2. The second kappa shape index (κ2) is 6.64. The highest BCUT2D eigenvalue weighted by molar-refractivity contribution is 5.22. The summed E-state index contributed by atoms with van der Waals surface area (Å²) in [5.41, 5.74) is 5.77. The second-order valence-electron chi connectivity index (χ2n) is 5.94. The molecular weight excluding hydrogens is 260 g/mol. The number of halogens is 2. The maximum absolute atomic E-state index is 13.3. The Labute approximate surface area is 119 Å². The van der Waals surface area contributed by atoms with Gasteiger partial charge in [0.05, 0.1) is 6.10 Å². The van der Waals surface area contributed by atoms with Gasteiger partial charge in [-0.3, -0.25) is 0 Å². The van der Waals surface area contributed by atoms with Crippen LogP contribution in [-0.2, 0) is 0 Å². The molecule has 0 bridgehead atoms. The SMILES string of the molecule is NCC1(C(O)c2cc(F)cc(F)c2)CCCCCCC1. The minimum absolute atomic E-state index is 0.300. The molecule has 2 nitrogen and oxygen atoms in total. The molecular formula is C16H23F2NO. The molecule has 112 valence electrons. The third-order valence-corrected chi connectivity index (χ3v) is 4.54. The summed E-state index contributed by atoms with van der Waals surface area (Å²) >= 11 is 0. The van der Waals surface area contributed by atoms with Crippen LogP contribution < -0.4 is 5.73 Å². The van der Waals surface area contributed by atoms with E-state index in [0.717, 1.165) is 44.6 Å². The van der Waals surface area contributed by atoms with Gasteiger partial charge < -0.3 is 10.8 Å². The number of hydrogen-bond acceptors (Lipinski definition) is 2. The van der Waals surface area contributed by atoms with Crippen molar-refractivity contribution in [2.24, 2.45) is 11.1 Å². The largest absolute Gasteiger partial charge is 0.388 e. The van der Waals surface area contributed by atoms with Crippen molar-refractivity contribution < 1.29 is 13.9 Å². The van der Waals surface area contributed by atoms with Gasteiger partial charge in [-0.15, -0.1) is 0 Å². The molecule has 0 aromatic heterocycles. The van der Waals surface area contributed by atoms with Crippen LogP contribution in [-0.4, -0.2) is 11.7 Å². The van der Waals surface area contributed by atoms with E-state index in [1.54, 1.807) is 0 Å². The quantitative estimate of drug-likeness (QED) is 0.888. The van der Waals surface area contributed by atoms with Gasteiger partial charge in [0.1, 0.15) is 11.6 Å². The minimum atomic E-state index is -0.907. The Kier molecular flexibility index (Phi) is 5.11. The fourth-order valence-electron chi connectivity index (χ4n) is 3.29. The lowest BCUT2D eigenvalue weighted by atomic mass is 9.70. The molecule has 1 unspecified atom stereocenters. The van der Waals surface area contributed by atoms with Gasteiger partial charge >= 0.3 is 0 Å². The van der Waals surface area contributed by atoms with Gasteiger partial charge in [-0.25, -0.2) is 8.78 Å². The highest BCUT2D eigenvalue weighted by atomic mass is 19.1. The van der Waals surface area contributed by atoms with Crippen LogP contribution in [0.2, 0.25) is 0 Å². The summed E-state index contributed by atoms with van der Waals surface area (Å²) in [6, 6.07) is 3.25. The van der Waals surface area contributed by atoms with Crippen LogP contribution in [0.1, 0.15) is 56.6 Å². The Bertz CT molecular complexity index is 422. The maximum atomic E-state index is 13.3. The molecule has 1 aliphatic rings. The minimum Gasteiger partial charge on any atom is -0.388 e. The lowest BCUT2D eigenvalue weighted by Crippen LogP contribution is -2.37. The first kappa shape index (κ1) is 15.4. The molecule has 20 heavy (non-hydrogen) atoms. The molecule has 0 heterocycles. The van der Waals surface area contributed by atoms with Crippen LogP contribution in [0.25, 0.3) is 0 Å². The number of nitrogens with two attached hydrogens (primary N) is 1. The zero-order valence-corrected chi connectivity index (χ0v) is 11.7. The van der Waals surface area contributed by atoms with Crippen LogP contribution in [0.4, 0.5) is 8.78 Å². The molecule has 0 amide bonds. The van der Waals surface area contributed by atoms with Crippen molar-refractivity contribution in [3.05, 3.63) is 35.4 Å². The molecule has 1 fully saturated rings. The van der Waals surface area contributed by atoms with Crippen LogP contribution in [0.5, 0.6) is 0 Å². The summed E-state index contributed by atoms with van der Waals surface area (Å²) in [4.78, 5) is 0. The smallest absolute Gasteiger partial charge is 0.126 e. The zero-order valence-electron chi connectivity index (χ0n) is 11.7. The predicted octanol–water partition coefficient (Wildman–Crippen LogP) is 3.69. The predicted molar refractivity (Wildman–Crippen MR) is 75.1 cm³/mol. The van der Waals surface area contributed by atoms with E-state index in [4.69, 9.17) is 5.73 Å². The number of benzene rings is 1. The average molecular weight is 283 g/mol.